The highest BCUT2D eigenvalue weighted by atomic mass is 16.5. The summed E-state index contributed by atoms with van der Waals surface area (Å²) in [6.07, 6.45) is 2.52. The maximum atomic E-state index is 12.8. The number of benzene rings is 1. The average Bonchev–Trinajstić information content (AvgIpc) is 2.91. The molecule has 2 aromatic rings. The Morgan fingerprint density at radius 1 is 1.21 bits per heavy atom. The van der Waals surface area contributed by atoms with Gasteiger partial charge in [-0.25, -0.2) is 9.78 Å². The summed E-state index contributed by atoms with van der Waals surface area (Å²) in [4.78, 5) is 42.2. The topological polar surface area (TPSA) is 101 Å². The van der Waals surface area contributed by atoms with Gasteiger partial charge < -0.3 is 15.4 Å². The summed E-state index contributed by atoms with van der Waals surface area (Å²) in [6, 6.07) is 12.4. The minimum Gasteiger partial charge on any atom is -0.481 e. The molecule has 0 aliphatic carbocycles. The monoisotopic (exact) mass is 382 g/mol. The van der Waals surface area contributed by atoms with Crippen molar-refractivity contribution in [3.05, 3.63) is 54.2 Å². The number of urea groups is 1. The first-order chi connectivity index (χ1) is 13.4. The largest absolute Gasteiger partial charge is 0.481 e. The first-order valence-corrected chi connectivity index (χ1v) is 8.89. The lowest BCUT2D eigenvalue weighted by Gasteiger charge is -2.21. The molecule has 146 valence electrons. The Kier molecular flexibility index (Phi) is 5.58. The standard InChI is InChI=1S/C20H22N4O4/c1-20(11-10-14-6-4-3-5-7-14)18(26)24(19(27)23-20)13-16(25)22-15-8-9-17(28-2)21-12-15/h3-9,12H,10-11,13H2,1-2H3,(H,22,25)(H,23,27)/t20-/m0/s1. The van der Waals surface area contributed by atoms with Crippen LogP contribution in [0.1, 0.15) is 18.9 Å². The van der Waals surface area contributed by atoms with Gasteiger partial charge in [-0.1, -0.05) is 30.3 Å². The zero-order valence-electron chi connectivity index (χ0n) is 15.8. The van der Waals surface area contributed by atoms with E-state index in [0.29, 0.717) is 24.4 Å². The van der Waals surface area contributed by atoms with Crippen molar-refractivity contribution < 1.29 is 19.1 Å². The van der Waals surface area contributed by atoms with Gasteiger partial charge >= 0.3 is 6.03 Å². The molecule has 2 heterocycles. The number of imide groups is 1. The summed E-state index contributed by atoms with van der Waals surface area (Å²) in [5, 5.41) is 5.33. The molecule has 0 spiro atoms. The molecular formula is C20H22N4O4. The number of ether oxygens (including phenoxy) is 1. The fraction of sp³-hybridized carbons (Fsp3) is 0.300. The van der Waals surface area contributed by atoms with E-state index in [-0.39, 0.29) is 6.54 Å². The number of pyridine rings is 1. The van der Waals surface area contributed by atoms with Crippen LogP contribution >= 0.6 is 0 Å². The Labute approximate surface area is 162 Å². The second-order valence-corrected chi connectivity index (χ2v) is 6.78. The third-order valence-corrected chi connectivity index (χ3v) is 4.63. The van der Waals surface area contributed by atoms with E-state index >= 15 is 0 Å². The van der Waals surface area contributed by atoms with E-state index in [1.807, 2.05) is 30.3 Å². The summed E-state index contributed by atoms with van der Waals surface area (Å²) in [7, 11) is 1.49. The van der Waals surface area contributed by atoms with Gasteiger partial charge in [0.1, 0.15) is 12.1 Å². The number of methoxy groups -OCH3 is 1. The van der Waals surface area contributed by atoms with Crippen LogP contribution in [-0.4, -0.2) is 46.9 Å². The SMILES string of the molecule is COc1ccc(NC(=O)CN2C(=O)N[C@@](C)(CCc3ccccc3)C2=O)cn1. The molecule has 8 heteroatoms. The number of anilines is 1. The molecular weight excluding hydrogens is 360 g/mol. The van der Waals surface area contributed by atoms with Gasteiger partial charge in [-0.05, 0) is 31.4 Å². The van der Waals surface area contributed by atoms with Crippen LogP contribution in [0.2, 0.25) is 0 Å². The summed E-state index contributed by atoms with van der Waals surface area (Å²) < 4.78 is 4.96. The normalized spacial score (nSPS) is 18.7. The Bertz CT molecular complexity index is 870. The van der Waals surface area contributed by atoms with Crippen molar-refractivity contribution in [1.82, 2.24) is 15.2 Å². The first kappa shape index (κ1) is 19.3. The average molecular weight is 382 g/mol. The van der Waals surface area contributed by atoms with Crippen LogP contribution < -0.4 is 15.4 Å². The maximum Gasteiger partial charge on any atom is 0.325 e. The molecule has 1 atom stereocenters. The number of carbonyl (C=O) groups excluding carboxylic acids is 3. The third kappa shape index (κ3) is 4.28. The van der Waals surface area contributed by atoms with Crippen molar-refractivity contribution in [3.8, 4) is 5.88 Å². The molecule has 0 saturated carbocycles. The van der Waals surface area contributed by atoms with Crippen LogP contribution in [0.25, 0.3) is 0 Å². The second-order valence-electron chi connectivity index (χ2n) is 6.78. The highest BCUT2D eigenvalue weighted by Crippen LogP contribution is 2.23. The van der Waals surface area contributed by atoms with E-state index in [9.17, 15) is 14.4 Å². The molecule has 1 aromatic carbocycles. The number of carbonyl (C=O) groups is 3. The molecule has 0 unspecified atom stereocenters. The molecule has 8 nitrogen and oxygen atoms in total. The molecule has 4 amide bonds. The van der Waals surface area contributed by atoms with Crippen molar-refractivity contribution in [2.75, 3.05) is 19.0 Å². The summed E-state index contributed by atoms with van der Waals surface area (Å²) >= 11 is 0. The van der Waals surface area contributed by atoms with E-state index in [1.54, 1.807) is 19.1 Å². The van der Waals surface area contributed by atoms with Crippen molar-refractivity contribution in [1.29, 1.82) is 0 Å². The summed E-state index contributed by atoms with van der Waals surface area (Å²) in [5.74, 6) is -0.472. The van der Waals surface area contributed by atoms with Crippen LogP contribution in [0.5, 0.6) is 5.88 Å². The lowest BCUT2D eigenvalue weighted by atomic mass is 9.93. The number of amides is 4. The number of rotatable bonds is 7. The molecule has 1 saturated heterocycles. The van der Waals surface area contributed by atoms with Crippen LogP contribution in [0.15, 0.2) is 48.7 Å². The lowest BCUT2D eigenvalue weighted by molar-refractivity contribution is -0.133. The van der Waals surface area contributed by atoms with Crippen molar-refractivity contribution in [2.24, 2.45) is 0 Å². The maximum absolute atomic E-state index is 12.8. The van der Waals surface area contributed by atoms with E-state index in [1.165, 1.54) is 13.3 Å². The second kappa shape index (κ2) is 8.08. The number of aryl methyl sites for hydroxylation is 1. The van der Waals surface area contributed by atoms with Gasteiger partial charge in [0.2, 0.25) is 11.8 Å². The number of nitrogens with one attached hydrogen (secondary N) is 2. The molecule has 2 N–H and O–H groups in total. The van der Waals surface area contributed by atoms with Crippen LogP contribution in [0.4, 0.5) is 10.5 Å². The smallest absolute Gasteiger partial charge is 0.325 e. The van der Waals surface area contributed by atoms with E-state index < -0.39 is 23.4 Å². The predicted molar refractivity (Wildman–Crippen MR) is 103 cm³/mol. The molecule has 1 aromatic heterocycles. The fourth-order valence-electron chi connectivity index (χ4n) is 3.02. The highest BCUT2D eigenvalue weighted by Gasteiger charge is 2.47. The number of nitrogens with zero attached hydrogens (tertiary/aromatic N) is 2. The number of hydrogen-bond acceptors (Lipinski definition) is 5. The van der Waals surface area contributed by atoms with E-state index in [2.05, 4.69) is 15.6 Å². The number of hydrogen-bond donors (Lipinski definition) is 2. The van der Waals surface area contributed by atoms with Crippen molar-refractivity contribution >= 4 is 23.5 Å². The molecule has 0 bridgehead atoms. The van der Waals surface area contributed by atoms with Crippen LogP contribution in [-0.2, 0) is 16.0 Å². The van der Waals surface area contributed by atoms with Crippen LogP contribution in [0.3, 0.4) is 0 Å². The molecule has 1 aliphatic heterocycles. The highest BCUT2D eigenvalue weighted by molar-refractivity contribution is 6.09. The van der Waals surface area contributed by atoms with Crippen molar-refractivity contribution in [3.63, 3.8) is 0 Å². The zero-order chi connectivity index (χ0) is 20.1. The Balaban J connectivity index is 1.59. The fourth-order valence-corrected chi connectivity index (χ4v) is 3.02. The quantitative estimate of drug-likeness (QED) is 0.713. The van der Waals surface area contributed by atoms with Gasteiger partial charge in [0, 0.05) is 6.07 Å². The van der Waals surface area contributed by atoms with Gasteiger partial charge in [0.05, 0.1) is 19.0 Å². The minimum atomic E-state index is -1.03. The third-order valence-electron chi connectivity index (χ3n) is 4.63. The Hall–Kier alpha value is -3.42. The zero-order valence-corrected chi connectivity index (χ0v) is 15.8. The van der Waals surface area contributed by atoms with Gasteiger partial charge in [-0.2, -0.15) is 0 Å². The molecule has 0 radical (unpaired) electrons. The van der Waals surface area contributed by atoms with Crippen LogP contribution in [0, 0.1) is 0 Å². The van der Waals surface area contributed by atoms with Crippen molar-refractivity contribution in [2.45, 2.75) is 25.3 Å². The van der Waals surface area contributed by atoms with E-state index in [0.717, 1.165) is 10.5 Å². The molecule has 1 aliphatic rings. The summed E-state index contributed by atoms with van der Waals surface area (Å²) in [5.41, 5.74) is 0.494. The Morgan fingerprint density at radius 3 is 2.61 bits per heavy atom. The number of aromatic nitrogens is 1. The Morgan fingerprint density at radius 2 is 1.96 bits per heavy atom. The van der Waals surface area contributed by atoms with Gasteiger partial charge in [0.25, 0.3) is 5.91 Å². The first-order valence-electron chi connectivity index (χ1n) is 8.89. The molecule has 1 fully saturated rings. The molecule has 28 heavy (non-hydrogen) atoms. The van der Waals surface area contributed by atoms with Gasteiger partial charge in [0.15, 0.2) is 0 Å². The predicted octanol–water partition coefficient (Wildman–Crippen LogP) is 1.97. The minimum absolute atomic E-state index is 0.363. The summed E-state index contributed by atoms with van der Waals surface area (Å²) in [6.45, 7) is 1.32. The molecule has 3 rings (SSSR count). The van der Waals surface area contributed by atoms with E-state index in [4.69, 9.17) is 4.74 Å². The lowest BCUT2D eigenvalue weighted by Crippen LogP contribution is -2.45. The van der Waals surface area contributed by atoms with Gasteiger partial charge in [-0.15, -0.1) is 0 Å². The van der Waals surface area contributed by atoms with Gasteiger partial charge in [-0.3, -0.25) is 14.5 Å².